The van der Waals surface area contributed by atoms with Gasteiger partial charge in [-0.2, -0.15) is 0 Å². The van der Waals surface area contributed by atoms with Gasteiger partial charge in [0.15, 0.2) is 0 Å². The van der Waals surface area contributed by atoms with E-state index >= 15 is 0 Å². The lowest BCUT2D eigenvalue weighted by Gasteiger charge is -2.36. The van der Waals surface area contributed by atoms with Gasteiger partial charge in [0.25, 0.3) is 0 Å². The van der Waals surface area contributed by atoms with E-state index in [1.165, 1.54) is 5.69 Å². The van der Waals surface area contributed by atoms with Crippen molar-refractivity contribution in [2.45, 2.75) is 39.7 Å². The molecule has 27 heavy (non-hydrogen) atoms. The van der Waals surface area contributed by atoms with Gasteiger partial charge in [-0.15, -0.1) is 0 Å². The van der Waals surface area contributed by atoms with Crippen molar-refractivity contribution in [1.29, 1.82) is 0 Å². The van der Waals surface area contributed by atoms with Crippen LogP contribution < -0.4 is 9.64 Å². The Kier molecular flexibility index (Phi) is 7.78. The van der Waals surface area contributed by atoms with Crippen LogP contribution in [-0.2, 0) is 4.74 Å². The molecule has 6 heteroatoms. The van der Waals surface area contributed by atoms with E-state index in [-0.39, 0.29) is 6.09 Å². The van der Waals surface area contributed by atoms with E-state index in [1.54, 1.807) is 11.9 Å². The summed E-state index contributed by atoms with van der Waals surface area (Å²) in [7, 11) is 1.80. The highest BCUT2D eigenvalue weighted by atomic mass is 16.6. The van der Waals surface area contributed by atoms with Gasteiger partial charge in [0.1, 0.15) is 11.4 Å². The summed E-state index contributed by atoms with van der Waals surface area (Å²) < 4.78 is 11.0. The largest absolute Gasteiger partial charge is 0.494 e. The fourth-order valence-corrected chi connectivity index (χ4v) is 2.93. The fourth-order valence-electron chi connectivity index (χ4n) is 2.93. The van der Waals surface area contributed by atoms with Crippen LogP contribution in [0.25, 0.3) is 0 Å². The van der Waals surface area contributed by atoms with E-state index in [0.717, 1.165) is 51.5 Å². The molecule has 0 radical (unpaired) electrons. The van der Waals surface area contributed by atoms with Crippen molar-refractivity contribution in [1.82, 2.24) is 9.80 Å². The second-order valence-electron chi connectivity index (χ2n) is 8.07. The topological polar surface area (TPSA) is 45.2 Å². The van der Waals surface area contributed by atoms with Crippen molar-refractivity contribution in [3.63, 3.8) is 0 Å². The summed E-state index contributed by atoms with van der Waals surface area (Å²) in [6.45, 7) is 14.1. The monoisotopic (exact) mass is 377 g/mol. The SMILES string of the molecule is CCCOc1ccc(N2CCN(CCN(C)C(=O)OC(C)(C)C)CC2)cc1. The summed E-state index contributed by atoms with van der Waals surface area (Å²) in [6.07, 6.45) is 0.763. The maximum Gasteiger partial charge on any atom is 0.410 e. The van der Waals surface area contributed by atoms with Gasteiger partial charge in [-0.05, 0) is 51.5 Å². The molecule has 0 N–H and O–H groups in total. The number of carbonyl (C=O) groups is 1. The quantitative estimate of drug-likeness (QED) is 0.728. The minimum absolute atomic E-state index is 0.258. The van der Waals surface area contributed by atoms with Gasteiger partial charge in [0.05, 0.1) is 6.61 Å². The minimum atomic E-state index is -0.450. The lowest BCUT2D eigenvalue weighted by molar-refractivity contribution is 0.0282. The van der Waals surface area contributed by atoms with Crippen molar-refractivity contribution in [2.75, 3.05) is 57.8 Å². The van der Waals surface area contributed by atoms with Gasteiger partial charge in [-0.3, -0.25) is 4.90 Å². The number of ether oxygens (including phenoxy) is 2. The first-order valence-electron chi connectivity index (χ1n) is 9.93. The Morgan fingerprint density at radius 2 is 1.74 bits per heavy atom. The molecule has 1 aliphatic heterocycles. The number of benzene rings is 1. The van der Waals surface area contributed by atoms with Crippen LogP contribution in [0.15, 0.2) is 24.3 Å². The van der Waals surface area contributed by atoms with Crippen molar-refractivity contribution >= 4 is 11.8 Å². The molecule has 0 atom stereocenters. The van der Waals surface area contributed by atoms with Crippen molar-refractivity contribution in [2.24, 2.45) is 0 Å². The standard InChI is InChI=1S/C21H35N3O3/c1-6-17-26-19-9-7-18(8-10-19)24-15-13-23(14-16-24)12-11-22(5)20(25)27-21(2,3)4/h7-10H,6,11-17H2,1-5H3. The first kappa shape index (κ1) is 21.4. The predicted octanol–water partition coefficient (Wildman–Crippen LogP) is 3.46. The van der Waals surface area contributed by atoms with Crippen LogP contribution in [0.2, 0.25) is 0 Å². The number of rotatable bonds is 7. The Labute approximate surface area is 164 Å². The summed E-state index contributed by atoms with van der Waals surface area (Å²) in [4.78, 5) is 18.5. The van der Waals surface area contributed by atoms with Crippen molar-refractivity contribution < 1.29 is 14.3 Å². The number of nitrogens with zero attached hydrogens (tertiary/aromatic N) is 3. The van der Waals surface area contributed by atoms with E-state index in [1.807, 2.05) is 32.9 Å². The van der Waals surface area contributed by atoms with Crippen LogP contribution in [0.4, 0.5) is 10.5 Å². The first-order valence-corrected chi connectivity index (χ1v) is 9.93. The molecule has 1 heterocycles. The smallest absolute Gasteiger partial charge is 0.410 e. The van der Waals surface area contributed by atoms with E-state index in [4.69, 9.17) is 9.47 Å². The molecule has 0 aromatic heterocycles. The van der Waals surface area contributed by atoms with Crippen molar-refractivity contribution in [3.8, 4) is 5.75 Å². The van der Waals surface area contributed by atoms with Gasteiger partial charge in [-0.1, -0.05) is 6.92 Å². The van der Waals surface area contributed by atoms with E-state index in [2.05, 4.69) is 28.9 Å². The fraction of sp³-hybridized carbons (Fsp3) is 0.667. The molecule has 1 saturated heterocycles. The number of anilines is 1. The lowest BCUT2D eigenvalue weighted by atomic mass is 10.2. The van der Waals surface area contributed by atoms with Crippen molar-refractivity contribution in [3.05, 3.63) is 24.3 Å². The Balaban J connectivity index is 1.73. The number of piperazine rings is 1. The molecule has 1 amide bonds. The van der Waals surface area contributed by atoms with Gasteiger partial charge in [0.2, 0.25) is 0 Å². The highest BCUT2D eigenvalue weighted by Gasteiger charge is 2.21. The zero-order chi connectivity index (χ0) is 19.9. The first-order chi connectivity index (χ1) is 12.8. The summed E-state index contributed by atoms with van der Waals surface area (Å²) in [5.74, 6) is 0.935. The molecular weight excluding hydrogens is 342 g/mol. The van der Waals surface area contributed by atoms with Crippen LogP contribution in [-0.4, -0.2) is 74.4 Å². The molecule has 152 valence electrons. The number of likely N-dealkylation sites (N-methyl/N-ethyl adjacent to an activating group) is 1. The van der Waals surface area contributed by atoms with Crippen LogP contribution in [0, 0.1) is 0 Å². The maximum atomic E-state index is 12.0. The molecule has 0 saturated carbocycles. The Morgan fingerprint density at radius 1 is 1.11 bits per heavy atom. The van der Waals surface area contributed by atoms with Gasteiger partial charge < -0.3 is 19.3 Å². The lowest BCUT2D eigenvalue weighted by Crippen LogP contribution is -2.49. The van der Waals surface area contributed by atoms with Crippen LogP contribution in [0.3, 0.4) is 0 Å². The zero-order valence-electron chi connectivity index (χ0n) is 17.5. The third-order valence-electron chi connectivity index (χ3n) is 4.50. The average Bonchev–Trinajstić information content (AvgIpc) is 2.64. The normalized spacial score (nSPS) is 15.5. The summed E-state index contributed by atoms with van der Waals surface area (Å²) in [6, 6.07) is 8.37. The molecule has 1 fully saturated rings. The number of carbonyl (C=O) groups excluding carboxylic acids is 1. The van der Waals surface area contributed by atoms with E-state index < -0.39 is 5.60 Å². The number of hydrogen-bond donors (Lipinski definition) is 0. The molecule has 1 aliphatic rings. The maximum absolute atomic E-state index is 12.0. The third-order valence-corrected chi connectivity index (χ3v) is 4.50. The third kappa shape index (κ3) is 7.29. The zero-order valence-corrected chi connectivity index (χ0v) is 17.5. The molecule has 0 spiro atoms. The summed E-state index contributed by atoms with van der Waals surface area (Å²) in [5, 5.41) is 0. The molecule has 1 aromatic carbocycles. The van der Waals surface area contributed by atoms with Crippen LogP contribution >= 0.6 is 0 Å². The van der Waals surface area contributed by atoms with Gasteiger partial charge >= 0.3 is 6.09 Å². The molecule has 1 aromatic rings. The second-order valence-corrected chi connectivity index (χ2v) is 8.07. The molecule has 2 rings (SSSR count). The Morgan fingerprint density at radius 3 is 2.30 bits per heavy atom. The molecular formula is C21H35N3O3. The molecule has 6 nitrogen and oxygen atoms in total. The Hall–Kier alpha value is -1.95. The van der Waals surface area contributed by atoms with Gasteiger partial charge in [-0.25, -0.2) is 4.79 Å². The summed E-state index contributed by atoms with van der Waals surface area (Å²) >= 11 is 0. The highest BCUT2D eigenvalue weighted by molar-refractivity contribution is 5.67. The van der Waals surface area contributed by atoms with E-state index in [0.29, 0.717) is 6.54 Å². The van der Waals surface area contributed by atoms with Crippen LogP contribution in [0.5, 0.6) is 5.75 Å². The number of amides is 1. The average molecular weight is 378 g/mol. The van der Waals surface area contributed by atoms with Gasteiger partial charge in [0, 0.05) is 52.0 Å². The Bertz CT molecular complexity index is 575. The molecule has 0 aliphatic carbocycles. The highest BCUT2D eigenvalue weighted by Crippen LogP contribution is 2.21. The number of hydrogen-bond acceptors (Lipinski definition) is 5. The minimum Gasteiger partial charge on any atom is -0.494 e. The van der Waals surface area contributed by atoms with E-state index in [9.17, 15) is 4.79 Å². The molecule has 0 unspecified atom stereocenters. The van der Waals surface area contributed by atoms with Crippen LogP contribution in [0.1, 0.15) is 34.1 Å². The summed E-state index contributed by atoms with van der Waals surface area (Å²) in [5.41, 5.74) is 0.790. The predicted molar refractivity (Wildman–Crippen MR) is 110 cm³/mol. The second kappa shape index (κ2) is 9.83. The molecule has 0 bridgehead atoms.